The van der Waals surface area contributed by atoms with Gasteiger partial charge in [0.1, 0.15) is 0 Å². The van der Waals surface area contributed by atoms with Crippen molar-refractivity contribution in [1.82, 2.24) is 15.6 Å². The monoisotopic (exact) mass is 418 g/mol. The Morgan fingerprint density at radius 2 is 1.90 bits per heavy atom. The van der Waals surface area contributed by atoms with Gasteiger partial charge < -0.3 is 20.1 Å². The number of hydrogen-bond donors (Lipinski definition) is 2. The van der Waals surface area contributed by atoms with Crippen molar-refractivity contribution in [3.05, 3.63) is 39.3 Å². The number of nitrogens with zero attached hydrogens (tertiary/aromatic N) is 2. The SMILES string of the molecule is CCOc1ccc(C(C)NC(=NC)NCCc2nc(CC)c(C)s2)cc1OCC. The van der Waals surface area contributed by atoms with Crippen LogP contribution in [0, 0.1) is 6.92 Å². The molecule has 0 saturated carbocycles. The molecule has 2 N–H and O–H groups in total. The fourth-order valence-electron chi connectivity index (χ4n) is 3.03. The van der Waals surface area contributed by atoms with Crippen molar-refractivity contribution in [2.24, 2.45) is 4.99 Å². The first-order valence-electron chi connectivity index (χ1n) is 10.3. The van der Waals surface area contributed by atoms with Crippen molar-refractivity contribution in [2.45, 2.75) is 53.5 Å². The standard InChI is InChI=1S/C22H34N4O2S/c1-7-18-16(5)29-21(26-18)12-13-24-22(23-6)25-15(4)17-10-11-19(27-8-2)20(14-17)28-9-3/h10-11,14-15H,7-9,12-13H2,1-6H3,(H2,23,24,25). The second kappa shape index (κ2) is 11.7. The van der Waals surface area contributed by atoms with E-state index in [0.717, 1.165) is 42.4 Å². The van der Waals surface area contributed by atoms with Crippen LogP contribution in [0.15, 0.2) is 23.2 Å². The maximum Gasteiger partial charge on any atom is 0.191 e. The smallest absolute Gasteiger partial charge is 0.191 e. The summed E-state index contributed by atoms with van der Waals surface area (Å²) in [7, 11) is 1.79. The topological polar surface area (TPSA) is 67.8 Å². The van der Waals surface area contributed by atoms with Gasteiger partial charge in [0.2, 0.25) is 0 Å². The van der Waals surface area contributed by atoms with E-state index in [0.29, 0.717) is 13.2 Å². The van der Waals surface area contributed by atoms with Crippen LogP contribution in [0.3, 0.4) is 0 Å². The maximum absolute atomic E-state index is 5.74. The van der Waals surface area contributed by atoms with Gasteiger partial charge in [-0.15, -0.1) is 11.3 Å². The first kappa shape index (κ1) is 23.0. The van der Waals surface area contributed by atoms with Crippen LogP contribution < -0.4 is 20.1 Å². The number of aryl methyl sites for hydroxylation is 2. The zero-order chi connectivity index (χ0) is 21.2. The number of aromatic nitrogens is 1. The molecule has 6 nitrogen and oxygen atoms in total. The van der Waals surface area contributed by atoms with Crippen molar-refractivity contribution in [3.8, 4) is 11.5 Å². The van der Waals surface area contributed by atoms with Crippen molar-refractivity contribution < 1.29 is 9.47 Å². The van der Waals surface area contributed by atoms with E-state index in [9.17, 15) is 0 Å². The van der Waals surface area contributed by atoms with Crippen LogP contribution in [0.2, 0.25) is 0 Å². The van der Waals surface area contributed by atoms with E-state index in [1.165, 1.54) is 15.6 Å². The van der Waals surface area contributed by atoms with E-state index in [4.69, 9.17) is 14.5 Å². The van der Waals surface area contributed by atoms with E-state index in [2.05, 4.69) is 42.5 Å². The predicted octanol–water partition coefficient (Wildman–Crippen LogP) is 4.28. The summed E-state index contributed by atoms with van der Waals surface area (Å²) in [5.74, 6) is 2.32. The molecular weight excluding hydrogens is 384 g/mol. The number of ether oxygens (including phenoxy) is 2. The third-order valence-electron chi connectivity index (χ3n) is 4.55. The Kier molecular flexibility index (Phi) is 9.25. The first-order valence-corrected chi connectivity index (χ1v) is 11.2. The number of guanidine groups is 1. The molecule has 0 amide bonds. The minimum Gasteiger partial charge on any atom is -0.490 e. The van der Waals surface area contributed by atoms with Gasteiger partial charge in [-0.2, -0.15) is 0 Å². The summed E-state index contributed by atoms with van der Waals surface area (Å²) in [5, 5.41) is 8.00. The molecule has 1 aromatic heterocycles. The van der Waals surface area contributed by atoms with Gasteiger partial charge in [0.25, 0.3) is 0 Å². The average Bonchev–Trinajstić information content (AvgIpc) is 3.08. The lowest BCUT2D eigenvalue weighted by atomic mass is 10.1. The van der Waals surface area contributed by atoms with Gasteiger partial charge >= 0.3 is 0 Å². The molecule has 160 valence electrons. The molecule has 1 heterocycles. The maximum atomic E-state index is 5.74. The summed E-state index contributed by atoms with van der Waals surface area (Å²) in [6, 6.07) is 6.13. The Bertz CT molecular complexity index is 804. The Labute approximate surface area is 178 Å². The van der Waals surface area contributed by atoms with Gasteiger partial charge in [-0.1, -0.05) is 13.0 Å². The zero-order valence-electron chi connectivity index (χ0n) is 18.5. The number of hydrogen-bond acceptors (Lipinski definition) is 5. The van der Waals surface area contributed by atoms with E-state index in [1.807, 2.05) is 26.0 Å². The van der Waals surface area contributed by atoms with Crippen molar-refractivity contribution >= 4 is 17.3 Å². The lowest BCUT2D eigenvalue weighted by Crippen LogP contribution is -2.39. The van der Waals surface area contributed by atoms with Crippen LogP contribution >= 0.6 is 11.3 Å². The third kappa shape index (κ3) is 6.63. The van der Waals surface area contributed by atoms with Gasteiger partial charge in [0.05, 0.1) is 30.0 Å². The molecule has 1 atom stereocenters. The molecule has 2 rings (SSSR count). The summed E-state index contributed by atoms with van der Waals surface area (Å²) in [4.78, 5) is 10.4. The van der Waals surface area contributed by atoms with E-state index in [-0.39, 0.29) is 6.04 Å². The summed E-state index contributed by atoms with van der Waals surface area (Å²) in [6.45, 7) is 12.3. The average molecular weight is 419 g/mol. The molecule has 2 aromatic rings. The van der Waals surface area contributed by atoms with Gasteiger partial charge in [-0.05, 0) is 51.8 Å². The Hall–Kier alpha value is -2.28. The van der Waals surface area contributed by atoms with Crippen LogP contribution in [0.1, 0.15) is 54.9 Å². The molecule has 0 spiro atoms. The van der Waals surface area contributed by atoms with Gasteiger partial charge in [0, 0.05) is 24.9 Å². The molecule has 0 saturated heterocycles. The van der Waals surface area contributed by atoms with Crippen LogP contribution in [-0.4, -0.2) is 37.7 Å². The number of thiazole rings is 1. The number of rotatable bonds is 10. The van der Waals surface area contributed by atoms with Crippen molar-refractivity contribution in [2.75, 3.05) is 26.8 Å². The quantitative estimate of drug-likeness (QED) is 0.445. The highest BCUT2D eigenvalue weighted by atomic mass is 32.1. The van der Waals surface area contributed by atoms with E-state index >= 15 is 0 Å². The predicted molar refractivity (Wildman–Crippen MR) is 122 cm³/mol. The van der Waals surface area contributed by atoms with Crippen LogP contribution in [0.5, 0.6) is 11.5 Å². The largest absolute Gasteiger partial charge is 0.490 e. The Balaban J connectivity index is 1.94. The van der Waals surface area contributed by atoms with E-state index in [1.54, 1.807) is 18.4 Å². The second-order valence-corrected chi connectivity index (χ2v) is 7.94. The fourth-order valence-corrected chi connectivity index (χ4v) is 4.05. The highest BCUT2D eigenvalue weighted by molar-refractivity contribution is 7.11. The lowest BCUT2D eigenvalue weighted by molar-refractivity contribution is 0.287. The molecule has 1 aromatic carbocycles. The summed E-state index contributed by atoms with van der Waals surface area (Å²) >= 11 is 1.78. The second-order valence-electron chi connectivity index (χ2n) is 6.65. The number of aliphatic imine (C=N–C) groups is 1. The fraction of sp³-hybridized carbons (Fsp3) is 0.545. The van der Waals surface area contributed by atoms with Gasteiger partial charge in [-0.25, -0.2) is 4.98 Å². The molecular formula is C22H34N4O2S. The third-order valence-corrected chi connectivity index (χ3v) is 5.62. The van der Waals surface area contributed by atoms with Gasteiger partial charge in [0.15, 0.2) is 17.5 Å². The minimum absolute atomic E-state index is 0.0740. The van der Waals surface area contributed by atoms with E-state index < -0.39 is 0 Å². The van der Waals surface area contributed by atoms with Crippen LogP contribution in [-0.2, 0) is 12.8 Å². The van der Waals surface area contributed by atoms with Gasteiger partial charge in [-0.3, -0.25) is 4.99 Å². The zero-order valence-corrected chi connectivity index (χ0v) is 19.3. The highest BCUT2D eigenvalue weighted by Gasteiger charge is 2.13. The molecule has 1 unspecified atom stereocenters. The number of benzene rings is 1. The van der Waals surface area contributed by atoms with Crippen molar-refractivity contribution in [1.29, 1.82) is 0 Å². The lowest BCUT2D eigenvalue weighted by Gasteiger charge is -2.20. The molecule has 0 radical (unpaired) electrons. The molecule has 7 heteroatoms. The summed E-state index contributed by atoms with van der Waals surface area (Å²) in [6.07, 6.45) is 1.88. The number of nitrogens with one attached hydrogen (secondary N) is 2. The molecule has 0 aliphatic heterocycles. The highest BCUT2D eigenvalue weighted by Crippen LogP contribution is 2.30. The molecule has 0 aliphatic rings. The Morgan fingerprint density at radius 3 is 2.52 bits per heavy atom. The van der Waals surface area contributed by atoms with Crippen LogP contribution in [0.25, 0.3) is 0 Å². The summed E-state index contributed by atoms with van der Waals surface area (Å²) < 4.78 is 11.4. The molecule has 0 bridgehead atoms. The molecule has 0 aliphatic carbocycles. The summed E-state index contributed by atoms with van der Waals surface area (Å²) in [5.41, 5.74) is 2.32. The minimum atomic E-state index is 0.0740. The van der Waals surface area contributed by atoms with Crippen LogP contribution in [0.4, 0.5) is 0 Å². The molecule has 0 fully saturated rings. The normalized spacial score (nSPS) is 12.6. The Morgan fingerprint density at radius 1 is 1.17 bits per heavy atom. The first-order chi connectivity index (χ1) is 14.0. The van der Waals surface area contributed by atoms with Crippen molar-refractivity contribution in [3.63, 3.8) is 0 Å². The molecule has 29 heavy (non-hydrogen) atoms.